The molecule has 18 heavy (non-hydrogen) atoms. The lowest BCUT2D eigenvalue weighted by atomic mass is 9.97. The largest absolute Gasteiger partial charge is 0.480 e. The number of carboxylic acid groups (broad SMARTS) is 1. The predicted octanol–water partition coefficient (Wildman–Crippen LogP) is 1.42. The number of hydrogen-bond donors (Lipinski definition) is 1. The molecule has 0 aliphatic carbocycles. The van der Waals surface area contributed by atoms with Crippen molar-refractivity contribution >= 4 is 5.97 Å². The van der Waals surface area contributed by atoms with Gasteiger partial charge < -0.3 is 9.63 Å². The highest BCUT2D eigenvalue weighted by Crippen LogP contribution is 2.22. The molecule has 1 saturated heterocycles. The number of rotatable bonds is 3. The first-order valence-electron chi connectivity index (χ1n) is 6.18. The fourth-order valence-corrected chi connectivity index (χ4v) is 2.10. The molecule has 1 aromatic rings. The minimum atomic E-state index is -0.771. The lowest BCUT2D eigenvalue weighted by molar-refractivity contribution is -0.142. The summed E-state index contributed by atoms with van der Waals surface area (Å²) in [5.74, 6) is 0.378. The summed E-state index contributed by atoms with van der Waals surface area (Å²) < 4.78 is 5.20. The average Bonchev–Trinajstić information content (AvgIpc) is 2.85. The van der Waals surface area contributed by atoms with E-state index in [2.05, 4.69) is 10.1 Å². The van der Waals surface area contributed by atoms with Crippen molar-refractivity contribution in [3.05, 3.63) is 11.7 Å². The molecule has 1 unspecified atom stereocenters. The Hall–Kier alpha value is -1.43. The standard InChI is InChI=1S/C12H19N3O3/c1-12(2,3)11-13-9(14-18-11)7-15-6-4-5-8(15)10(16)17/h8H,4-7H2,1-3H3,(H,16,17). The number of aromatic nitrogens is 2. The molecule has 1 aliphatic heterocycles. The van der Waals surface area contributed by atoms with Gasteiger partial charge >= 0.3 is 5.97 Å². The minimum Gasteiger partial charge on any atom is -0.480 e. The summed E-state index contributed by atoms with van der Waals surface area (Å²) in [6, 6.07) is -0.415. The van der Waals surface area contributed by atoms with Crippen LogP contribution in [0.3, 0.4) is 0 Å². The zero-order chi connectivity index (χ0) is 13.3. The molecule has 0 spiro atoms. The average molecular weight is 253 g/mol. The van der Waals surface area contributed by atoms with Gasteiger partial charge in [0.2, 0.25) is 5.89 Å². The molecule has 0 saturated carbocycles. The van der Waals surface area contributed by atoms with Gasteiger partial charge in [-0.1, -0.05) is 25.9 Å². The Labute approximate surface area is 106 Å². The van der Waals surface area contributed by atoms with Gasteiger partial charge in [-0.25, -0.2) is 0 Å². The number of nitrogens with zero attached hydrogens (tertiary/aromatic N) is 3. The molecule has 0 amide bonds. The minimum absolute atomic E-state index is 0.178. The lowest BCUT2D eigenvalue weighted by Crippen LogP contribution is -2.35. The number of aliphatic carboxylic acids is 1. The van der Waals surface area contributed by atoms with E-state index in [-0.39, 0.29) is 5.41 Å². The quantitative estimate of drug-likeness (QED) is 0.877. The first-order valence-corrected chi connectivity index (χ1v) is 6.18. The van der Waals surface area contributed by atoms with Crippen molar-refractivity contribution in [1.29, 1.82) is 0 Å². The van der Waals surface area contributed by atoms with Gasteiger partial charge in [-0.3, -0.25) is 9.69 Å². The highest BCUT2D eigenvalue weighted by Gasteiger charge is 2.31. The number of carbonyl (C=O) groups is 1. The molecule has 1 aliphatic rings. The molecule has 6 nitrogen and oxygen atoms in total. The third-order valence-electron chi connectivity index (χ3n) is 3.10. The molecule has 1 aromatic heterocycles. The van der Waals surface area contributed by atoms with Gasteiger partial charge in [0, 0.05) is 5.41 Å². The first-order chi connectivity index (χ1) is 8.38. The smallest absolute Gasteiger partial charge is 0.320 e. The van der Waals surface area contributed by atoms with Crippen molar-refractivity contribution in [3.8, 4) is 0 Å². The molecule has 100 valence electrons. The van der Waals surface area contributed by atoms with Crippen LogP contribution >= 0.6 is 0 Å². The fraction of sp³-hybridized carbons (Fsp3) is 0.750. The van der Waals surface area contributed by atoms with Crippen LogP contribution in [0.25, 0.3) is 0 Å². The van der Waals surface area contributed by atoms with Crippen LogP contribution in [0.4, 0.5) is 0 Å². The van der Waals surface area contributed by atoms with Gasteiger partial charge in [0.05, 0.1) is 6.54 Å². The Bertz CT molecular complexity index is 436. The van der Waals surface area contributed by atoms with Crippen LogP contribution in [0.5, 0.6) is 0 Å². The summed E-state index contributed by atoms with van der Waals surface area (Å²) in [5.41, 5.74) is -0.178. The van der Waals surface area contributed by atoms with Crippen molar-refractivity contribution in [2.75, 3.05) is 6.54 Å². The van der Waals surface area contributed by atoms with Crippen molar-refractivity contribution in [1.82, 2.24) is 15.0 Å². The summed E-state index contributed by atoms with van der Waals surface area (Å²) in [5, 5.41) is 13.0. The van der Waals surface area contributed by atoms with Crippen LogP contribution in [-0.2, 0) is 16.8 Å². The highest BCUT2D eigenvalue weighted by molar-refractivity contribution is 5.73. The Kier molecular flexibility index (Phi) is 3.38. The summed E-state index contributed by atoms with van der Waals surface area (Å²) in [6.45, 7) is 7.22. The third kappa shape index (κ3) is 2.69. The Morgan fingerprint density at radius 3 is 2.83 bits per heavy atom. The van der Waals surface area contributed by atoms with E-state index in [1.54, 1.807) is 0 Å². The van der Waals surface area contributed by atoms with Gasteiger partial charge in [-0.15, -0.1) is 0 Å². The molecule has 0 radical (unpaired) electrons. The van der Waals surface area contributed by atoms with Crippen molar-refractivity contribution in [2.24, 2.45) is 0 Å². The van der Waals surface area contributed by atoms with E-state index in [1.165, 1.54) is 0 Å². The molecule has 0 bridgehead atoms. The second-order valence-corrected chi connectivity index (χ2v) is 5.73. The van der Waals surface area contributed by atoms with Crippen LogP contribution < -0.4 is 0 Å². The predicted molar refractivity (Wildman–Crippen MR) is 64.1 cm³/mol. The third-order valence-corrected chi connectivity index (χ3v) is 3.10. The number of hydrogen-bond acceptors (Lipinski definition) is 5. The van der Waals surface area contributed by atoms with Crippen LogP contribution in [0.15, 0.2) is 4.52 Å². The molecule has 0 aromatic carbocycles. The van der Waals surface area contributed by atoms with Crippen molar-refractivity contribution < 1.29 is 14.4 Å². The maximum atomic E-state index is 11.1. The molecule has 1 fully saturated rings. The second kappa shape index (κ2) is 4.68. The Morgan fingerprint density at radius 1 is 1.56 bits per heavy atom. The van der Waals surface area contributed by atoms with E-state index in [0.29, 0.717) is 24.7 Å². The van der Waals surface area contributed by atoms with E-state index in [1.807, 2.05) is 25.7 Å². The van der Waals surface area contributed by atoms with Crippen LogP contribution in [0.1, 0.15) is 45.3 Å². The van der Waals surface area contributed by atoms with Crippen LogP contribution in [0.2, 0.25) is 0 Å². The molecule has 1 atom stereocenters. The summed E-state index contributed by atoms with van der Waals surface area (Å²) in [6.07, 6.45) is 1.60. The molecule has 1 N–H and O–H groups in total. The van der Waals surface area contributed by atoms with Crippen LogP contribution in [-0.4, -0.2) is 38.7 Å². The monoisotopic (exact) mass is 253 g/mol. The molecule has 2 heterocycles. The van der Waals surface area contributed by atoms with E-state index in [0.717, 1.165) is 13.0 Å². The van der Waals surface area contributed by atoms with Gasteiger partial charge in [0.15, 0.2) is 5.82 Å². The number of carboxylic acids is 1. The van der Waals surface area contributed by atoms with Gasteiger partial charge in [-0.05, 0) is 19.4 Å². The Balaban J connectivity index is 2.05. The van der Waals surface area contributed by atoms with E-state index in [4.69, 9.17) is 9.63 Å². The first kappa shape index (κ1) is 13.0. The summed E-state index contributed by atoms with van der Waals surface area (Å²) in [7, 11) is 0. The second-order valence-electron chi connectivity index (χ2n) is 5.73. The number of likely N-dealkylation sites (tertiary alicyclic amines) is 1. The highest BCUT2D eigenvalue weighted by atomic mass is 16.5. The van der Waals surface area contributed by atoms with E-state index < -0.39 is 12.0 Å². The van der Waals surface area contributed by atoms with Crippen molar-refractivity contribution in [2.45, 2.75) is 51.6 Å². The maximum absolute atomic E-state index is 11.1. The SMILES string of the molecule is CC(C)(C)c1nc(CN2CCCC2C(=O)O)no1. The van der Waals surface area contributed by atoms with E-state index >= 15 is 0 Å². The van der Waals surface area contributed by atoms with Gasteiger partial charge in [0.1, 0.15) is 6.04 Å². The lowest BCUT2D eigenvalue weighted by Gasteiger charge is -2.18. The molecule has 6 heteroatoms. The van der Waals surface area contributed by atoms with Gasteiger partial charge in [-0.2, -0.15) is 4.98 Å². The normalized spacial score (nSPS) is 21.4. The fourth-order valence-electron chi connectivity index (χ4n) is 2.10. The Morgan fingerprint density at radius 2 is 2.28 bits per heavy atom. The topological polar surface area (TPSA) is 79.5 Å². The van der Waals surface area contributed by atoms with Gasteiger partial charge in [0.25, 0.3) is 0 Å². The maximum Gasteiger partial charge on any atom is 0.320 e. The molecular formula is C12H19N3O3. The summed E-state index contributed by atoms with van der Waals surface area (Å²) >= 11 is 0. The van der Waals surface area contributed by atoms with E-state index in [9.17, 15) is 4.79 Å². The van der Waals surface area contributed by atoms with Crippen molar-refractivity contribution in [3.63, 3.8) is 0 Å². The summed E-state index contributed by atoms with van der Waals surface area (Å²) in [4.78, 5) is 17.3. The molecule has 2 rings (SSSR count). The zero-order valence-electron chi connectivity index (χ0n) is 11.0. The van der Waals surface area contributed by atoms with Crippen LogP contribution in [0, 0.1) is 0 Å². The zero-order valence-corrected chi connectivity index (χ0v) is 11.0. The molecular weight excluding hydrogens is 234 g/mol.